The fourth-order valence-electron chi connectivity index (χ4n) is 4.27. The highest BCUT2D eigenvalue weighted by molar-refractivity contribution is 4.95. The minimum atomic E-state index is -0.0607. The minimum absolute atomic E-state index is 0.0607. The van der Waals surface area contributed by atoms with E-state index in [1.807, 2.05) is 0 Å². The molecule has 3 aliphatic rings. The Morgan fingerprint density at radius 1 is 1.06 bits per heavy atom. The number of hydrogen-bond donors (Lipinski definition) is 1. The largest absolute Gasteiger partial charge is 0.393 e. The molecule has 2 aliphatic carbocycles. The molecule has 0 bridgehead atoms. The Morgan fingerprint density at radius 3 is 2.50 bits per heavy atom. The molecule has 104 valence electrons. The fraction of sp³-hybridized carbons (Fsp3) is 1.00. The van der Waals surface area contributed by atoms with Crippen LogP contribution in [0.25, 0.3) is 0 Å². The van der Waals surface area contributed by atoms with Gasteiger partial charge in [-0.3, -0.25) is 0 Å². The monoisotopic (exact) mass is 252 g/mol. The molecule has 2 heteroatoms. The molecule has 3 fully saturated rings. The predicted octanol–water partition coefficient (Wildman–Crippen LogP) is 3.67. The zero-order valence-electron chi connectivity index (χ0n) is 11.6. The summed E-state index contributed by atoms with van der Waals surface area (Å²) in [6.45, 7) is 0.881. The third kappa shape index (κ3) is 2.75. The smallest absolute Gasteiger partial charge is 0.0686 e. The average molecular weight is 252 g/mol. The first-order valence-corrected chi connectivity index (χ1v) is 8.09. The summed E-state index contributed by atoms with van der Waals surface area (Å²) in [5, 5.41) is 10.5. The van der Waals surface area contributed by atoms with Gasteiger partial charge in [0.2, 0.25) is 0 Å². The lowest BCUT2D eigenvalue weighted by Crippen LogP contribution is -2.48. The number of hydrogen-bond acceptors (Lipinski definition) is 2. The van der Waals surface area contributed by atoms with Crippen LogP contribution in [-0.4, -0.2) is 23.4 Å². The van der Waals surface area contributed by atoms with Gasteiger partial charge in [0, 0.05) is 6.61 Å². The van der Waals surface area contributed by atoms with E-state index in [9.17, 15) is 5.11 Å². The van der Waals surface area contributed by atoms with Crippen molar-refractivity contribution in [3.05, 3.63) is 0 Å². The quantitative estimate of drug-likeness (QED) is 0.830. The van der Waals surface area contributed by atoms with Gasteiger partial charge >= 0.3 is 0 Å². The second kappa shape index (κ2) is 5.50. The predicted molar refractivity (Wildman–Crippen MR) is 72.5 cm³/mol. The highest BCUT2D eigenvalue weighted by Gasteiger charge is 2.44. The molecule has 1 N–H and O–H groups in total. The molecule has 0 aromatic heterocycles. The first kappa shape index (κ1) is 12.9. The zero-order valence-corrected chi connectivity index (χ0v) is 11.6. The van der Waals surface area contributed by atoms with E-state index in [0.717, 1.165) is 31.8 Å². The summed E-state index contributed by atoms with van der Waals surface area (Å²) in [5.74, 6) is 1.31. The van der Waals surface area contributed by atoms with E-state index in [4.69, 9.17) is 4.74 Å². The summed E-state index contributed by atoms with van der Waals surface area (Å²) < 4.78 is 5.96. The average Bonchev–Trinajstić information content (AvgIpc) is 2.38. The van der Waals surface area contributed by atoms with Crippen LogP contribution >= 0.6 is 0 Å². The number of aliphatic hydroxyl groups is 1. The Labute approximate surface area is 111 Å². The summed E-state index contributed by atoms with van der Waals surface area (Å²) >= 11 is 0. The van der Waals surface area contributed by atoms with Crippen LogP contribution in [0.2, 0.25) is 0 Å². The molecule has 3 rings (SSSR count). The van der Waals surface area contributed by atoms with Crippen LogP contribution in [-0.2, 0) is 4.74 Å². The van der Waals surface area contributed by atoms with Crippen molar-refractivity contribution in [3.63, 3.8) is 0 Å². The molecule has 1 aliphatic heterocycles. The van der Waals surface area contributed by atoms with Crippen molar-refractivity contribution in [1.29, 1.82) is 0 Å². The Balaban J connectivity index is 1.50. The molecule has 0 amide bonds. The molecule has 2 atom stereocenters. The van der Waals surface area contributed by atoms with Gasteiger partial charge in [0.05, 0.1) is 11.7 Å². The third-order valence-corrected chi connectivity index (χ3v) is 5.64. The zero-order chi connectivity index (χ0) is 12.4. The maximum absolute atomic E-state index is 10.5. The molecular formula is C16H28O2. The summed E-state index contributed by atoms with van der Waals surface area (Å²) in [6.07, 6.45) is 13.9. The first-order chi connectivity index (χ1) is 8.77. The van der Waals surface area contributed by atoms with Crippen molar-refractivity contribution in [2.75, 3.05) is 6.61 Å². The van der Waals surface area contributed by atoms with Crippen molar-refractivity contribution in [2.45, 2.75) is 82.3 Å². The highest BCUT2D eigenvalue weighted by Crippen LogP contribution is 2.45. The van der Waals surface area contributed by atoms with Gasteiger partial charge in [0.25, 0.3) is 0 Å². The van der Waals surface area contributed by atoms with Crippen molar-refractivity contribution in [1.82, 2.24) is 0 Å². The molecule has 2 nitrogen and oxygen atoms in total. The highest BCUT2D eigenvalue weighted by atomic mass is 16.5. The molecule has 18 heavy (non-hydrogen) atoms. The Hall–Kier alpha value is -0.0800. The summed E-state index contributed by atoms with van der Waals surface area (Å²) in [6, 6.07) is 0. The maximum atomic E-state index is 10.5. The van der Waals surface area contributed by atoms with Crippen molar-refractivity contribution in [3.8, 4) is 0 Å². The minimum Gasteiger partial charge on any atom is -0.393 e. The molecule has 2 unspecified atom stereocenters. The normalized spacial score (nSPS) is 34.2. The van der Waals surface area contributed by atoms with Gasteiger partial charge in [-0.15, -0.1) is 0 Å². The Bertz CT molecular complexity index is 266. The lowest BCUT2D eigenvalue weighted by Gasteiger charge is -2.48. The van der Waals surface area contributed by atoms with E-state index in [1.54, 1.807) is 0 Å². The number of ether oxygens (including phenoxy) is 1. The van der Waals surface area contributed by atoms with E-state index >= 15 is 0 Å². The summed E-state index contributed by atoms with van der Waals surface area (Å²) in [7, 11) is 0. The molecule has 1 saturated heterocycles. The second-order valence-electron chi connectivity index (χ2n) is 6.94. The SMILES string of the molecule is OC(CC1CCCCC1)C1CCOC2(CCC2)C1. The first-order valence-electron chi connectivity index (χ1n) is 8.09. The Kier molecular flexibility index (Phi) is 3.95. The van der Waals surface area contributed by atoms with Crippen molar-refractivity contribution < 1.29 is 9.84 Å². The van der Waals surface area contributed by atoms with Crippen LogP contribution in [0.3, 0.4) is 0 Å². The van der Waals surface area contributed by atoms with Gasteiger partial charge in [-0.2, -0.15) is 0 Å². The van der Waals surface area contributed by atoms with Gasteiger partial charge in [0.1, 0.15) is 0 Å². The van der Waals surface area contributed by atoms with Gasteiger partial charge in [-0.05, 0) is 50.4 Å². The lowest BCUT2D eigenvalue weighted by molar-refractivity contribution is -0.158. The Morgan fingerprint density at radius 2 is 1.83 bits per heavy atom. The van der Waals surface area contributed by atoms with E-state index in [1.165, 1.54) is 51.4 Å². The second-order valence-corrected chi connectivity index (χ2v) is 6.94. The van der Waals surface area contributed by atoms with E-state index in [-0.39, 0.29) is 11.7 Å². The molecule has 1 heterocycles. The van der Waals surface area contributed by atoms with Gasteiger partial charge in [-0.25, -0.2) is 0 Å². The molecular weight excluding hydrogens is 224 g/mol. The number of aliphatic hydroxyl groups excluding tert-OH is 1. The van der Waals surface area contributed by atoms with Crippen LogP contribution < -0.4 is 0 Å². The molecule has 0 aromatic carbocycles. The van der Waals surface area contributed by atoms with Gasteiger partial charge in [0.15, 0.2) is 0 Å². The topological polar surface area (TPSA) is 29.5 Å². The van der Waals surface area contributed by atoms with E-state index < -0.39 is 0 Å². The van der Waals surface area contributed by atoms with Crippen LogP contribution in [0.15, 0.2) is 0 Å². The van der Waals surface area contributed by atoms with E-state index in [0.29, 0.717) is 5.92 Å². The molecule has 0 aromatic rings. The molecule has 2 saturated carbocycles. The maximum Gasteiger partial charge on any atom is 0.0686 e. The van der Waals surface area contributed by atoms with Gasteiger partial charge in [-0.1, -0.05) is 32.1 Å². The summed E-state index contributed by atoms with van der Waals surface area (Å²) in [5.41, 5.74) is 0.191. The van der Waals surface area contributed by atoms with E-state index in [2.05, 4.69) is 0 Å². The lowest BCUT2D eigenvalue weighted by atomic mass is 9.69. The summed E-state index contributed by atoms with van der Waals surface area (Å²) in [4.78, 5) is 0. The fourth-order valence-corrected chi connectivity index (χ4v) is 4.27. The van der Waals surface area contributed by atoms with Crippen molar-refractivity contribution >= 4 is 0 Å². The third-order valence-electron chi connectivity index (χ3n) is 5.64. The number of rotatable bonds is 3. The van der Waals surface area contributed by atoms with Crippen LogP contribution in [0.1, 0.15) is 70.6 Å². The van der Waals surface area contributed by atoms with Crippen molar-refractivity contribution in [2.24, 2.45) is 11.8 Å². The van der Waals surface area contributed by atoms with Crippen LogP contribution in [0.4, 0.5) is 0 Å². The molecule has 0 radical (unpaired) electrons. The molecule has 1 spiro atoms. The van der Waals surface area contributed by atoms with Crippen LogP contribution in [0.5, 0.6) is 0 Å². The van der Waals surface area contributed by atoms with Crippen LogP contribution in [0, 0.1) is 11.8 Å². The standard InChI is InChI=1S/C16H28O2/c17-15(11-13-5-2-1-3-6-13)14-7-10-18-16(12-14)8-4-9-16/h13-15,17H,1-12H2. The van der Waals surface area contributed by atoms with Gasteiger partial charge < -0.3 is 9.84 Å².